The number of likely N-dealkylation sites (tertiary alicyclic amines) is 1. The number of carbonyl (C=O) groups excluding carboxylic acids is 2. The van der Waals surface area contributed by atoms with Crippen LogP contribution in [-0.2, 0) is 16.1 Å². The summed E-state index contributed by atoms with van der Waals surface area (Å²) in [6, 6.07) is 7.66. The quantitative estimate of drug-likeness (QED) is 0.735. The fraction of sp³-hybridized carbons (Fsp3) is 0.474. The van der Waals surface area contributed by atoms with Crippen LogP contribution in [-0.4, -0.2) is 50.0 Å². The number of ether oxygens (including phenoxy) is 1. The van der Waals surface area contributed by atoms with Gasteiger partial charge in [0.25, 0.3) is 0 Å². The van der Waals surface area contributed by atoms with E-state index in [0.717, 1.165) is 30.8 Å². The van der Waals surface area contributed by atoms with E-state index in [1.807, 2.05) is 24.3 Å². The van der Waals surface area contributed by atoms with Crippen LogP contribution in [0.2, 0.25) is 0 Å². The van der Waals surface area contributed by atoms with Crippen molar-refractivity contribution in [3.05, 3.63) is 41.5 Å². The van der Waals surface area contributed by atoms with E-state index in [2.05, 4.69) is 16.7 Å². The first-order valence-corrected chi connectivity index (χ1v) is 8.73. The van der Waals surface area contributed by atoms with Crippen molar-refractivity contribution in [3.8, 4) is 5.75 Å². The van der Waals surface area contributed by atoms with Crippen LogP contribution in [0.5, 0.6) is 5.75 Å². The average Bonchev–Trinajstić information content (AvgIpc) is 3.02. The highest BCUT2D eigenvalue weighted by Gasteiger charge is 2.34. The van der Waals surface area contributed by atoms with Crippen LogP contribution in [0.15, 0.2) is 35.9 Å². The number of carbonyl (C=O) groups is 2. The molecule has 0 spiro atoms. The lowest BCUT2D eigenvalue weighted by Crippen LogP contribution is -2.35. The standard InChI is InChI=1S/C19H25N3O3.ClH/c1-25-17-4-2-15(3-5-17)12-22-13-16(10-18(22)23)19(24)21-11-14-6-8-20-9-7-14;/h2-6,16,20H,7-13H2,1H3,(H,21,24);1H. The van der Waals surface area contributed by atoms with E-state index < -0.39 is 0 Å². The monoisotopic (exact) mass is 379 g/mol. The lowest BCUT2D eigenvalue weighted by molar-refractivity contribution is -0.129. The summed E-state index contributed by atoms with van der Waals surface area (Å²) in [6.07, 6.45) is 3.38. The molecule has 6 nitrogen and oxygen atoms in total. The zero-order valence-electron chi connectivity index (χ0n) is 15.0. The van der Waals surface area contributed by atoms with Gasteiger partial charge in [-0.05, 0) is 30.7 Å². The molecule has 0 bridgehead atoms. The molecule has 1 unspecified atom stereocenters. The Bertz CT molecular complexity index is 660. The van der Waals surface area contributed by atoms with Crippen LogP contribution in [0.4, 0.5) is 0 Å². The second-order valence-electron chi connectivity index (χ2n) is 6.56. The lowest BCUT2D eigenvalue weighted by atomic mass is 10.1. The Balaban J connectivity index is 0.00000243. The molecule has 0 aromatic heterocycles. The summed E-state index contributed by atoms with van der Waals surface area (Å²) in [5, 5.41) is 6.24. The second-order valence-corrected chi connectivity index (χ2v) is 6.56. The largest absolute Gasteiger partial charge is 0.497 e. The van der Waals surface area contributed by atoms with Gasteiger partial charge in [-0.3, -0.25) is 9.59 Å². The Morgan fingerprint density at radius 1 is 1.35 bits per heavy atom. The Morgan fingerprint density at radius 2 is 2.12 bits per heavy atom. The van der Waals surface area contributed by atoms with Gasteiger partial charge in [-0.2, -0.15) is 0 Å². The molecule has 2 heterocycles. The lowest BCUT2D eigenvalue weighted by Gasteiger charge is -2.18. The molecule has 7 heteroatoms. The average molecular weight is 380 g/mol. The molecular formula is C19H26ClN3O3. The van der Waals surface area contributed by atoms with Crippen LogP contribution in [0.3, 0.4) is 0 Å². The molecule has 2 amide bonds. The number of hydrogen-bond donors (Lipinski definition) is 2. The molecule has 2 aliphatic heterocycles. The predicted molar refractivity (Wildman–Crippen MR) is 102 cm³/mol. The van der Waals surface area contributed by atoms with Gasteiger partial charge in [-0.1, -0.05) is 23.8 Å². The number of hydrogen-bond acceptors (Lipinski definition) is 4. The third kappa shape index (κ3) is 5.22. The van der Waals surface area contributed by atoms with Gasteiger partial charge in [0.1, 0.15) is 5.75 Å². The number of methoxy groups -OCH3 is 1. The normalized spacial score (nSPS) is 19.6. The fourth-order valence-corrected chi connectivity index (χ4v) is 3.23. The zero-order chi connectivity index (χ0) is 17.6. The summed E-state index contributed by atoms with van der Waals surface area (Å²) in [5.41, 5.74) is 2.29. The smallest absolute Gasteiger partial charge is 0.225 e. The molecular weight excluding hydrogens is 354 g/mol. The first-order valence-electron chi connectivity index (χ1n) is 8.73. The highest BCUT2D eigenvalue weighted by Crippen LogP contribution is 2.21. The van der Waals surface area contributed by atoms with Gasteiger partial charge in [0, 0.05) is 32.6 Å². The van der Waals surface area contributed by atoms with Crippen molar-refractivity contribution in [2.45, 2.75) is 19.4 Å². The van der Waals surface area contributed by atoms with Crippen LogP contribution < -0.4 is 15.4 Å². The van der Waals surface area contributed by atoms with Crippen molar-refractivity contribution >= 4 is 24.2 Å². The molecule has 2 N–H and O–H groups in total. The maximum absolute atomic E-state index is 12.4. The maximum Gasteiger partial charge on any atom is 0.225 e. The molecule has 0 radical (unpaired) electrons. The van der Waals surface area contributed by atoms with Gasteiger partial charge >= 0.3 is 0 Å². The Morgan fingerprint density at radius 3 is 2.77 bits per heavy atom. The van der Waals surface area contributed by atoms with E-state index >= 15 is 0 Å². The molecule has 1 saturated heterocycles. The van der Waals surface area contributed by atoms with E-state index in [-0.39, 0.29) is 30.1 Å². The van der Waals surface area contributed by atoms with Crippen molar-refractivity contribution in [2.75, 3.05) is 33.3 Å². The van der Waals surface area contributed by atoms with E-state index in [4.69, 9.17) is 4.74 Å². The van der Waals surface area contributed by atoms with Gasteiger partial charge in [0.15, 0.2) is 0 Å². The van der Waals surface area contributed by atoms with Gasteiger partial charge in [-0.15, -0.1) is 12.4 Å². The molecule has 1 atom stereocenters. The van der Waals surface area contributed by atoms with Crippen LogP contribution in [0, 0.1) is 5.92 Å². The second kappa shape index (κ2) is 9.59. The Kier molecular flexibility index (Phi) is 7.48. The van der Waals surface area contributed by atoms with E-state index in [1.165, 1.54) is 5.57 Å². The van der Waals surface area contributed by atoms with Crippen molar-refractivity contribution in [3.63, 3.8) is 0 Å². The summed E-state index contributed by atoms with van der Waals surface area (Å²) in [4.78, 5) is 26.3. The molecule has 142 valence electrons. The summed E-state index contributed by atoms with van der Waals surface area (Å²) in [7, 11) is 1.63. The third-order valence-electron chi connectivity index (χ3n) is 4.77. The summed E-state index contributed by atoms with van der Waals surface area (Å²) in [6.45, 7) is 3.42. The fourth-order valence-electron chi connectivity index (χ4n) is 3.23. The number of halogens is 1. The number of benzene rings is 1. The molecule has 0 aliphatic carbocycles. The molecule has 26 heavy (non-hydrogen) atoms. The van der Waals surface area contributed by atoms with Crippen molar-refractivity contribution in [1.82, 2.24) is 15.5 Å². The Labute approximate surface area is 160 Å². The van der Waals surface area contributed by atoms with E-state index in [0.29, 0.717) is 26.1 Å². The van der Waals surface area contributed by atoms with Crippen LogP contribution in [0.25, 0.3) is 0 Å². The topological polar surface area (TPSA) is 70.7 Å². The van der Waals surface area contributed by atoms with E-state index in [9.17, 15) is 9.59 Å². The van der Waals surface area contributed by atoms with Crippen molar-refractivity contribution in [2.24, 2.45) is 5.92 Å². The maximum atomic E-state index is 12.4. The molecule has 1 aromatic carbocycles. The van der Waals surface area contributed by atoms with Crippen molar-refractivity contribution < 1.29 is 14.3 Å². The minimum Gasteiger partial charge on any atom is -0.497 e. The van der Waals surface area contributed by atoms with Crippen LogP contribution >= 0.6 is 12.4 Å². The number of nitrogens with zero attached hydrogens (tertiary/aromatic N) is 1. The minimum absolute atomic E-state index is 0. The number of rotatable bonds is 6. The number of nitrogens with one attached hydrogen (secondary N) is 2. The van der Waals surface area contributed by atoms with Gasteiger partial charge in [0.05, 0.1) is 13.0 Å². The molecule has 1 aromatic rings. The first-order chi connectivity index (χ1) is 12.2. The third-order valence-corrected chi connectivity index (χ3v) is 4.77. The minimum atomic E-state index is -0.256. The highest BCUT2D eigenvalue weighted by molar-refractivity contribution is 5.89. The molecule has 3 rings (SSSR count). The molecule has 0 saturated carbocycles. The molecule has 2 aliphatic rings. The zero-order valence-corrected chi connectivity index (χ0v) is 15.8. The van der Waals surface area contributed by atoms with Gasteiger partial charge in [0.2, 0.25) is 11.8 Å². The van der Waals surface area contributed by atoms with E-state index in [1.54, 1.807) is 12.0 Å². The number of amides is 2. The SMILES string of the molecule is COc1ccc(CN2CC(C(=O)NCC3=CCNCC3)CC2=O)cc1.Cl. The van der Waals surface area contributed by atoms with Crippen molar-refractivity contribution in [1.29, 1.82) is 0 Å². The summed E-state index contributed by atoms with van der Waals surface area (Å²) < 4.78 is 5.14. The Hall–Kier alpha value is -2.05. The molecule has 1 fully saturated rings. The van der Waals surface area contributed by atoms with Gasteiger partial charge < -0.3 is 20.3 Å². The predicted octanol–water partition coefficient (Wildman–Crippen LogP) is 1.50. The highest BCUT2D eigenvalue weighted by atomic mass is 35.5. The van der Waals surface area contributed by atoms with Gasteiger partial charge in [-0.25, -0.2) is 0 Å². The summed E-state index contributed by atoms with van der Waals surface area (Å²) >= 11 is 0. The van der Waals surface area contributed by atoms with Crippen LogP contribution in [0.1, 0.15) is 18.4 Å². The first kappa shape index (κ1) is 20.3. The summed E-state index contributed by atoms with van der Waals surface area (Å²) in [5.74, 6) is 0.552.